The predicted octanol–water partition coefficient (Wildman–Crippen LogP) is 3.97. The second-order valence-corrected chi connectivity index (χ2v) is 8.85. The minimum atomic E-state index is -0.486. The number of carbonyl (C=O) groups is 2. The molecule has 0 N–H and O–H groups in total. The zero-order valence-electron chi connectivity index (χ0n) is 21.3. The van der Waals surface area contributed by atoms with E-state index in [0.717, 1.165) is 10.2 Å². The van der Waals surface area contributed by atoms with E-state index in [2.05, 4.69) is 4.99 Å². The van der Waals surface area contributed by atoms with Gasteiger partial charge in [-0.05, 0) is 32.9 Å². The number of rotatable bonds is 10. The lowest BCUT2D eigenvalue weighted by molar-refractivity contribution is -0.140. The number of thiazole rings is 1. The van der Waals surface area contributed by atoms with Gasteiger partial charge in [-0.25, -0.2) is 0 Å². The molecule has 0 radical (unpaired) electrons. The van der Waals surface area contributed by atoms with E-state index in [0.29, 0.717) is 72.1 Å². The SMILES string of the molecule is CCOc1cc(C(=O)N=c2sc3cc4c(cc3n2CCC(=O)OC)OCCO4)cc(OCC)c1OCC. The van der Waals surface area contributed by atoms with Crippen molar-refractivity contribution in [2.24, 2.45) is 4.99 Å². The van der Waals surface area contributed by atoms with E-state index in [4.69, 9.17) is 28.4 Å². The van der Waals surface area contributed by atoms with Crippen molar-refractivity contribution in [2.45, 2.75) is 33.7 Å². The van der Waals surface area contributed by atoms with Gasteiger partial charge in [0.05, 0.1) is 43.6 Å². The van der Waals surface area contributed by atoms with Crippen LogP contribution in [0.2, 0.25) is 0 Å². The lowest BCUT2D eigenvalue weighted by Gasteiger charge is -2.18. The summed E-state index contributed by atoms with van der Waals surface area (Å²) in [4.78, 5) is 30.2. The molecule has 1 aliphatic rings. The van der Waals surface area contributed by atoms with Gasteiger partial charge in [0.15, 0.2) is 27.8 Å². The highest BCUT2D eigenvalue weighted by atomic mass is 32.1. The van der Waals surface area contributed by atoms with E-state index in [1.807, 2.05) is 37.5 Å². The highest BCUT2D eigenvalue weighted by Gasteiger charge is 2.20. The predicted molar refractivity (Wildman–Crippen MR) is 137 cm³/mol. The number of aryl methyl sites for hydroxylation is 1. The molecule has 11 heteroatoms. The van der Waals surface area contributed by atoms with Crippen LogP contribution in [0.1, 0.15) is 37.6 Å². The van der Waals surface area contributed by atoms with Gasteiger partial charge in [0, 0.05) is 24.2 Å². The van der Waals surface area contributed by atoms with Gasteiger partial charge in [0.2, 0.25) is 5.75 Å². The molecule has 4 rings (SSSR count). The first-order chi connectivity index (χ1) is 18.0. The number of hydrogen-bond donors (Lipinski definition) is 0. The van der Waals surface area contributed by atoms with E-state index in [1.165, 1.54) is 18.4 Å². The largest absolute Gasteiger partial charge is 0.490 e. The van der Waals surface area contributed by atoms with Crippen LogP contribution in [0.4, 0.5) is 0 Å². The summed E-state index contributed by atoms with van der Waals surface area (Å²) in [7, 11) is 1.34. The molecule has 10 nitrogen and oxygen atoms in total. The third kappa shape index (κ3) is 5.82. The molecule has 37 heavy (non-hydrogen) atoms. The number of benzene rings is 2. The van der Waals surface area contributed by atoms with Gasteiger partial charge in [0.25, 0.3) is 5.91 Å². The third-order valence-corrected chi connectivity index (χ3v) is 6.51. The summed E-state index contributed by atoms with van der Waals surface area (Å²) in [6.07, 6.45) is 0.115. The molecule has 0 bridgehead atoms. The molecule has 1 amide bonds. The van der Waals surface area contributed by atoms with Crippen LogP contribution in [-0.4, -0.2) is 56.6 Å². The maximum atomic E-state index is 13.4. The van der Waals surface area contributed by atoms with Gasteiger partial charge >= 0.3 is 5.97 Å². The Morgan fingerprint density at radius 1 is 0.946 bits per heavy atom. The van der Waals surface area contributed by atoms with Crippen molar-refractivity contribution in [3.05, 3.63) is 34.6 Å². The first-order valence-corrected chi connectivity index (χ1v) is 13.0. The molecule has 1 aromatic heterocycles. The summed E-state index contributed by atoms with van der Waals surface area (Å²) in [5, 5.41) is 0. The fourth-order valence-electron chi connectivity index (χ4n) is 3.88. The molecular weight excluding hydrogens is 500 g/mol. The number of carbonyl (C=O) groups excluding carboxylic acids is 2. The monoisotopic (exact) mass is 530 g/mol. The fourth-order valence-corrected chi connectivity index (χ4v) is 4.94. The Morgan fingerprint density at radius 2 is 1.57 bits per heavy atom. The zero-order chi connectivity index (χ0) is 26.4. The average molecular weight is 531 g/mol. The summed E-state index contributed by atoms with van der Waals surface area (Å²) in [5.74, 6) is 1.65. The molecule has 0 fully saturated rings. The molecule has 0 atom stereocenters. The molecule has 0 saturated heterocycles. The lowest BCUT2D eigenvalue weighted by Crippen LogP contribution is -2.19. The van der Waals surface area contributed by atoms with E-state index in [-0.39, 0.29) is 18.9 Å². The number of hydrogen-bond acceptors (Lipinski definition) is 9. The zero-order valence-corrected chi connectivity index (χ0v) is 22.1. The van der Waals surface area contributed by atoms with Crippen LogP contribution in [0.5, 0.6) is 28.7 Å². The second kappa shape index (κ2) is 12.0. The molecule has 3 aromatic rings. The molecule has 1 aliphatic heterocycles. The van der Waals surface area contributed by atoms with Crippen LogP contribution >= 0.6 is 11.3 Å². The van der Waals surface area contributed by atoms with Crippen molar-refractivity contribution in [1.82, 2.24) is 4.57 Å². The Bertz CT molecular complexity index is 1330. The summed E-state index contributed by atoms with van der Waals surface area (Å²) in [5.41, 5.74) is 1.07. The van der Waals surface area contributed by atoms with Gasteiger partial charge < -0.3 is 33.0 Å². The highest BCUT2D eigenvalue weighted by Crippen LogP contribution is 2.39. The number of fused-ring (bicyclic) bond motifs is 2. The summed E-state index contributed by atoms with van der Waals surface area (Å²) >= 11 is 1.32. The first kappa shape index (κ1) is 26.3. The fraction of sp³-hybridized carbons (Fsp3) is 0.423. The second-order valence-electron chi connectivity index (χ2n) is 7.84. The number of methoxy groups -OCH3 is 1. The Balaban J connectivity index is 1.82. The highest BCUT2D eigenvalue weighted by molar-refractivity contribution is 7.16. The van der Waals surface area contributed by atoms with Gasteiger partial charge in [-0.2, -0.15) is 4.99 Å². The van der Waals surface area contributed by atoms with E-state index >= 15 is 0 Å². The molecule has 2 aromatic carbocycles. The van der Waals surface area contributed by atoms with Gasteiger partial charge in [0.1, 0.15) is 13.2 Å². The number of ether oxygens (including phenoxy) is 6. The number of nitrogens with zero attached hydrogens (tertiary/aromatic N) is 2. The minimum absolute atomic E-state index is 0.115. The van der Waals surface area contributed by atoms with Crippen LogP contribution in [0.25, 0.3) is 10.2 Å². The number of amides is 1. The Labute approximate surface area is 218 Å². The van der Waals surface area contributed by atoms with Crippen LogP contribution in [0.3, 0.4) is 0 Å². The van der Waals surface area contributed by atoms with Gasteiger partial charge in [-0.1, -0.05) is 11.3 Å². The van der Waals surface area contributed by atoms with Crippen molar-refractivity contribution >= 4 is 33.4 Å². The third-order valence-electron chi connectivity index (χ3n) is 5.47. The summed E-state index contributed by atoms with van der Waals surface area (Å²) in [6.45, 7) is 7.94. The van der Waals surface area contributed by atoms with Crippen LogP contribution in [0.15, 0.2) is 29.3 Å². The first-order valence-electron chi connectivity index (χ1n) is 12.1. The minimum Gasteiger partial charge on any atom is -0.490 e. The summed E-state index contributed by atoms with van der Waals surface area (Å²) in [6, 6.07) is 6.92. The standard InChI is InChI=1S/C26H30N2O8S/c1-5-32-20-12-16(13-21(33-6-2)24(20)34-7-3)25(30)27-26-28(9-8-23(29)31-4)17-14-18-19(15-22(17)37-26)36-11-10-35-18/h12-15H,5-11H2,1-4H3. The molecule has 0 unspecified atom stereocenters. The lowest BCUT2D eigenvalue weighted by atomic mass is 10.1. The molecule has 2 heterocycles. The Kier molecular flexibility index (Phi) is 8.54. The smallest absolute Gasteiger partial charge is 0.307 e. The normalized spacial score (nSPS) is 12.9. The topological polar surface area (TPSA) is 107 Å². The quantitative estimate of drug-likeness (QED) is 0.363. The molecule has 198 valence electrons. The molecule has 0 aliphatic carbocycles. The molecular formula is C26H30N2O8S. The molecule has 0 spiro atoms. The van der Waals surface area contributed by atoms with Crippen LogP contribution in [0, 0.1) is 0 Å². The number of aromatic nitrogens is 1. The Hall–Kier alpha value is -3.73. The van der Waals surface area contributed by atoms with Gasteiger partial charge in [-0.15, -0.1) is 0 Å². The molecule has 0 saturated carbocycles. The van der Waals surface area contributed by atoms with Gasteiger partial charge in [-0.3, -0.25) is 9.59 Å². The van der Waals surface area contributed by atoms with E-state index in [1.54, 1.807) is 12.1 Å². The van der Waals surface area contributed by atoms with E-state index < -0.39 is 5.91 Å². The van der Waals surface area contributed by atoms with E-state index in [9.17, 15) is 9.59 Å². The maximum Gasteiger partial charge on any atom is 0.307 e. The van der Waals surface area contributed by atoms with Crippen molar-refractivity contribution in [1.29, 1.82) is 0 Å². The van der Waals surface area contributed by atoms with Crippen molar-refractivity contribution in [3.8, 4) is 28.7 Å². The Morgan fingerprint density at radius 3 is 2.16 bits per heavy atom. The number of esters is 1. The van der Waals surface area contributed by atoms with Crippen LogP contribution < -0.4 is 28.5 Å². The average Bonchev–Trinajstić information content (AvgIpc) is 3.23. The van der Waals surface area contributed by atoms with Crippen molar-refractivity contribution < 1.29 is 38.0 Å². The maximum absolute atomic E-state index is 13.4. The van der Waals surface area contributed by atoms with Crippen molar-refractivity contribution in [3.63, 3.8) is 0 Å². The van der Waals surface area contributed by atoms with Crippen molar-refractivity contribution in [2.75, 3.05) is 40.1 Å². The van der Waals surface area contributed by atoms with Crippen LogP contribution in [-0.2, 0) is 16.1 Å². The summed E-state index contributed by atoms with van der Waals surface area (Å²) < 4.78 is 36.1.